The van der Waals surface area contributed by atoms with Crippen molar-refractivity contribution in [2.75, 3.05) is 6.54 Å². The average Bonchev–Trinajstić information content (AvgIpc) is 3.14. The predicted molar refractivity (Wildman–Crippen MR) is 108 cm³/mol. The molecule has 0 radical (unpaired) electrons. The largest absolute Gasteiger partial charge is 0.348 e. The van der Waals surface area contributed by atoms with E-state index in [4.69, 9.17) is 5.10 Å². The second-order valence-corrected chi connectivity index (χ2v) is 8.20. The Kier molecular flexibility index (Phi) is 3.62. The zero-order chi connectivity index (χ0) is 20.4. The van der Waals surface area contributed by atoms with Gasteiger partial charge in [-0.2, -0.15) is 10.2 Å². The summed E-state index contributed by atoms with van der Waals surface area (Å²) in [5, 5.41) is 9.28. The molecule has 1 N–H and O–H groups in total. The molecule has 0 aromatic carbocycles. The van der Waals surface area contributed by atoms with Gasteiger partial charge in [-0.25, -0.2) is 19.2 Å². The van der Waals surface area contributed by atoms with Gasteiger partial charge in [-0.05, 0) is 37.5 Å². The van der Waals surface area contributed by atoms with E-state index in [0.717, 1.165) is 53.2 Å². The number of hydrogen-bond acceptors (Lipinski definition) is 5. The van der Waals surface area contributed by atoms with E-state index in [2.05, 4.69) is 39.1 Å². The van der Waals surface area contributed by atoms with E-state index in [0.29, 0.717) is 18.3 Å². The summed E-state index contributed by atoms with van der Waals surface area (Å²) in [7, 11) is 1.79. The van der Waals surface area contributed by atoms with E-state index in [1.54, 1.807) is 18.1 Å². The van der Waals surface area contributed by atoms with Crippen LogP contribution in [0.15, 0.2) is 30.7 Å². The first kappa shape index (κ1) is 17.4. The number of imidazole rings is 1. The van der Waals surface area contributed by atoms with Crippen molar-refractivity contribution in [1.82, 2.24) is 39.2 Å². The highest BCUT2D eigenvalue weighted by molar-refractivity contribution is 5.91. The fourth-order valence-electron chi connectivity index (χ4n) is 4.34. The van der Waals surface area contributed by atoms with Gasteiger partial charge in [0.25, 0.3) is 5.91 Å². The summed E-state index contributed by atoms with van der Waals surface area (Å²) in [5.41, 5.74) is 4.86. The average molecular weight is 402 g/mol. The molecule has 152 valence electrons. The van der Waals surface area contributed by atoms with Crippen LogP contribution in [-0.4, -0.2) is 51.7 Å². The Bertz CT molecular complexity index is 1280. The number of carbonyl (C=O) groups excluding carboxylic acids is 1. The van der Waals surface area contributed by atoms with Crippen molar-refractivity contribution in [2.45, 2.75) is 38.1 Å². The van der Waals surface area contributed by atoms with Crippen LogP contribution in [0.3, 0.4) is 0 Å². The maximum Gasteiger partial charge on any atom is 0.292 e. The van der Waals surface area contributed by atoms with E-state index < -0.39 is 0 Å². The van der Waals surface area contributed by atoms with E-state index in [9.17, 15) is 4.79 Å². The Hall–Kier alpha value is -3.49. The number of pyridine rings is 1. The number of rotatable bonds is 3. The Morgan fingerprint density at radius 1 is 1.27 bits per heavy atom. The topological polar surface area (TPSA) is 97.0 Å². The second-order valence-electron chi connectivity index (χ2n) is 8.20. The predicted octanol–water partition coefficient (Wildman–Crippen LogP) is 2.16. The number of aromatic nitrogens is 7. The van der Waals surface area contributed by atoms with Crippen molar-refractivity contribution in [1.29, 1.82) is 0 Å². The van der Waals surface area contributed by atoms with E-state index in [1.165, 1.54) is 0 Å². The Morgan fingerprint density at radius 3 is 2.93 bits per heavy atom. The molecule has 0 bridgehead atoms. The molecule has 1 saturated carbocycles. The van der Waals surface area contributed by atoms with E-state index >= 15 is 0 Å². The number of aryl methyl sites for hydroxylation is 2. The van der Waals surface area contributed by atoms with Crippen LogP contribution in [0.1, 0.15) is 63.9 Å². The monoisotopic (exact) mass is 402 g/mol. The van der Waals surface area contributed by atoms with Crippen molar-refractivity contribution in [2.24, 2.45) is 7.05 Å². The molecular formula is C21H22N8O. The van der Waals surface area contributed by atoms with Crippen molar-refractivity contribution >= 4 is 11.4 Å². The van der Waals surface area contributed by atoms with Crippen molar-refractivity contribution < 1.29 is 4.79 Å². The number of aromatic amines is 1. The Balaban J connectivity index is 1.45. The summed E-state index contributed by atoms with van der Waals surface area (Å²) in [4.78, 5) is 27.8. The van der Waals surface area contributed by atoms with Gasteiger partial charge in [-0.3, -0.25) is 4.79 Å². The fraction of sp³-hybridized carbons (Fsp3) is 0.381. The maximum atomic E-state index is 13.6. The molecule has 9 nitrogen and oxygen atoms in total. The minimum absolute atomic E-state index is 0.135. The van der Waals surface area contributed by atoms with Gasteiger partial charge in [0.05, 0.1) is 23.2 Å². The van der Waals surface area contributed by atoms with Crippen LogP contribution in [-0.2, 0) is 13.5 Å². The SMILES string of the molecule is Cc1cccn2nc(C3c4nc[nH]c4CCN3C(=O)c3nc(C4CC4)nn3C)cc12. The molecule has 4 aromatic rings. The molecule has 1 unspecified atom stereocenters. The standard InChI is InChI=1S/C21H22N8O/c1-12-4-3-8-29-16(12)10-15(25-29)18-17-14(22-11-23-17)7-9-28(18)21(30)20-24-19(13-5-6-13)26-27(20)2/h3-4,8,10-11,13,18H,5-7,9H2,1-2H3,(H,22,23). The summed E-state index contributed by atoms with van der Waals surface area (Å²) in [6.45, 7) is 2.63. The lowest BCUT2D eigenvalue weighted by Crippen LogP contribution is -2.42. The number of amides is 1. The van der Waals surface area contributed by atoms with Gasteiger partial charge in [0, 0.05) is 37.8 Å². The summed E-state index contributed by atoms with van der Waals surface area (Å²) in [5.74, 6) is 1.41. The van der Waals surface area contributed by atoms with Gasteiger partial charge < -0.3 is 9.88 Å². The number of carbonyl (C=O) groups is 1. The zero-order valence-electron chi connectivity index (χ0n) is 16.9. The smallest absolute Gasteiger partial charge is 0.292 e. The second kappa shape index (κ2) is 6.25. The lowest BCUT2D eigenvalue weighted by Gasteiger charge is -2.33. The molecule has 1 aliphatic carbocycles. The van der Waals surface area contributed by atoms with Crippen LogP contribution in [0, 0.1) is 6.92 Å². The van der Waals surface area contributed by atoms with Gasteiger partial charge >= 0.3 is 0 Å². The first-order valence-corrected chi connectivity index (χ1v) is 10.3. The lowest BCUT2D eigenvalue weighted by atomic mass is 9.99. The first-order chi connectivity index (χ1) is 14.6. The number of nitrogens with one attached hydrogen (secondary N) is 1. The van der Waals surface area contributed by atoms with E-state index in [1.807, 2.05) is 21.7 Å². The van der Waals surface area contributed by atoms with E-state index in [-0.39, 0.29) is 11.9 Å². The maximum absolute atomic E-state index is 13.6. The number of fused-ring (bicyclic) bond motifs is 2. The zero-order valence-corrected chi connectivity index (χ0v) is 16.9. The van der Waals surface area contributed by atoms with Crippen molar-refractivity contribution in [3.63, 3.8) is 0 Å². The molecule has 9 heteroatoms. The third-order valence-electron chi connectivity index (χ3n) is 6.11. The van der Waals surface area contributed by atoms with Crippen molar-refractivity contribution in [3.8, 4) is 0 Å². The minimum Gasteiger partial charge on any atom is -0.348 e. The highest BCUT2D eigenvalue weighted by Crippen LogP contribution is 2.39. The first-order valence-electron chi connectivity index (χ1n) is 10.3. The number of H-pyrrole nitrogens is 1. The van der Waals surface area contributed by atoms with Gasteiger partial charge in [-0.15, -0.1) is 0 Å². The molecule has 0 spiro atoms. The van der Waals surface area contributed by atoms with Gasteiger partial charge in [0.1, 0.15) is 6.04 Å². The summed E-state index contributed by atoms with van der Waals surface area (Å²) in [6, 6.07) is 5.72. The van der Waals surface area contributed by atoms with Gasteiger partial charge in [0.15, 0.2) is 5.82 Å². The van der Waals surface area contributed by atoms with Crippen molar-refractivity contribution in [3.05, 3.63) is 65.0 Å². The molecule has 0 saturated heterocycles. The Labute approximate surface area is 172 Å². The molecule has 30 heavy (non-hydrogen) atoms. The normalized spacial score (nSPS) is 18.7. The lowest BCUT2D eigenvalue weighted by molar-refractivity contribution is 0.0669. The summed E-state index contributed by atoms with van der Waals surface area (Å²) in [6.07, 6.45) is 6.54. The van der Waals surface area contributed by atoms with Crippen LogP contribution < -0.4 is 0 Å². The molecular weight excluding hydrogens is 380 g/mol. The number of hydrogen-bond donors (Lipinski definition) is 1. The van der Waals surface area contributed by atoms with Gasteiger partial charge in [-0.1, -0.05) is 6.07 Å². The molecule has 1 aliphatic heterocycles. The van der Waals surface area contributed by atoms with Crippen LogP contribution in [0.2, 0.25) is 0 Å². The van der Waals surface area contributed by atoms with Crippen LogP contribution in [0.4, 0.5) is 0 Å². The summed E-state index contributed by atoms with van der Waals surface area (Å²) >= 11 is 0. The number of nitrogens with zero attached hydrogens (tertiary/aromatic N) is 7. The van der Waals surface area contributed by atoms with Crippen LogP contribution in [0.25, 0.3) is 5.52 Å². The molecule has 1 fully saturated rings. The highest BCUT2D eigenvalue weighted by atomic mass is 16.2. The molecule has 1 amide bonds. The molecule has 4 aromatic heterocycles. The molecule has 1 atom stereocenters. The third-order valence-corrected chi connectivity index (χ3v) is 6.11. The fourth-order valence-corrected chi connectivity index (χ4v) is 4.34. The molecule has 5 heterocycles. The molecule has 2 aliphatic rings. The quantitative estimate of drug-likeness (QED) is 0.566. The third kappa shape index (κ3) is 2.58. The highest BCUT2D eigenvalue weighted by Gasteiger charge is 2.38. The summed E-state index contributed by atoms with van der Waals surface area (Å²) < 4.78 is 3.47. The molecule has 6 rings (SSSR count). The minimum atomic E-state index is -0.368. The Morgan fingerprint density at radius 2 is 2.13 bits per heavy atom. The van der Waals surface area contributed by atoms with Crippen LogP contribution >= 0.6 is 0 Å². The van der Waals surface area contributed by atoms with Crippen LogP contribution in [0.5, 0.6) is 0 Å². The van der Waals surface area contributed by atoms with Gasteiger partial charge in [0.2, 0.25) is 5.82 Å².